The van der Waals surface area contributed by atoms with Gasteiger partial charge in [-0.1, -0.05) is 0 Å². The second kappa shape index (κ2) is 4.94. The molecular formula is C11H20N2O2. The second-order valence-corrected chi connectivity index (χ2v) is 4.51. The molecule has 0 spiro atoms. The molecule has 1 N–H and O–H groups in total. The van der Waals surface area contributed by atoms with Gasteiger partial charge in [0.25, 0.3) is 0 Å². The van der Waals surface area contributed by atoms with Crippen LogP contribution in [0.4, 0.5) is 0 Å². The highest BCUT2D eigenvalue weighted by Gasteiger charge is 2.33. The molecule has 2 heterocycles. The monoisotopic (exact) mass is 212 g/mol. The van der Waals surface area contributed by atoms with E-state index in [1.54, 1.807) is 0 Å². The molecule has 0 bridgehead atoms. The summed E-state index contributed by atoms with van der Waals surface area (Å²) in [5.74, 6) is 1.50. The summed E-state index contributed by atoms with van der Waals surface area (Å²) in [4.78, 5) is 13.6. The van der Waals surface area contributed by atoms with Crippen LogP contribution in [-0.2, 0) is 9.53 Å². The van der Waals surface area contributed by atoms with Gasteiger partial charge < -0.3 is 10.1 Å². The van der Waals surface area contributed by atoms with Gasteiger partial charge in [0.05, 0.1) is 13.2 Å². The minimum absolute atomic E-state index is 0.0816. The summed E-state index contributed by atoms with van der Waals surface area (Å²) < 4.78 is 4.96. The maximum absolute atomic E-state index is 11.3. The van der Waals surface area contributed by atoms with Crippen molar-refractivity contribution in [2.45, 2.75) is 13.3 Å². The lowest BCUT2D eigenvalue weighted by Gasteiger charge is -2.33. The van der Waals surface area contributed by atoms with Gasteiger partial charge in [-0.25, -0.2) is 0 Å². The van der Waals surface area contributed by atoms with Crippen LogP contribution in [-0.4, -0.2) is 50.2 Å². The van der Waals surface area contributed by atoms with Gasteiger partial charge >= 0.3 is 5.97 Å². The van der Waals surface area contributed by atoms with Crippen LogP contribution < -0.4 is 5.32 Å². The first-order valence-electron chi connectivity index (χ1n) is 5.88. The molecule has 0 aromatic heterocycles. The number of esters is 1. The molecule has 15 heavy (non-hydrogen) atoms. The smallest absolute Gasteiger partial charge is 0.320 e. The number of nitrogens with zero attached hydrogens (tertiary/aromatic N) is 1. The summed E-state index contributed by atoms with van der Waals surface area (Å²) >= 11 is 0. The number of carbonyl (C=O) groups excluding carboxylic acids is 1. The van der Waals surface area contributed by atoms with Gasteiger partial charge in [-0.05, 0) is 44.8 Å². The van der Waals surface area contributed by atoms with E-state index in [1.807, 2.05) is 6.92 Å². The maximum Gasteiger partial charge on any atom is 0.320 e. The van der Waals surface area contributed by atoms with E-state index in [0.29, 0.717) is 13.2 Å². The van der Waals surface area contributed by atoms with E-state index in [0.717, 1.165) is 38.0 Å². The molecule has 2 rings (SSSR count). The Balaban J connectivity index is 1.77. The van der Waals surface area contributed by atoms with Gasteiger partial charge in [0.2, 0.25) is 0 Å². The van der Waals surface area contributed by atoms with Crippen molar-refractivity contribution in [2.75, 3.05) is 39.3 Å². The molecule has 2 aliphatic heterocycles. The number of hydrogen-bond acceptors (Lipinski definition) is 4. The zero-order valence-electron chi connectivity index (χ0n) is 9.37. The zero-order chi connectivity index (χ0) is 10.7. The van der Waals surface area contributed by atoms with Crippen LogP contribution in [0.1, 0.15) is 13.3 Å². The number of likely N-dealkylation sites (tertiary alicyclic amines) is 1. The number of fused-ring (bicyclic) bond motifs is 1. The summed E-state index contributed by atoms with van der Waals surface area (Å²) in [5, 5.41) is 3.42. The van der Waals surface area contributed by atoms with E-state index in [9.17, 15) is 4.79 Å². The molecule has 2 atom stereocenters. The van der Waals surface area contributed by atoms with E-state index < -0.39 is 0 Å². The largest absolute Gasteiger partial charge is 0.465 e. The Bertz CT molecular complexity index is 233. The fourth-order valence-electron chi connectivity index (χ4n) is 2.64. The number of piperidine rings is 1. The molecule has 0 aromatic rings. The Hall–Kier alpha value is -0.610. The summed E-state index contributed by atoms with van der Waals surface area (Å²) in [7, 11) is 0. The number of rotatable bonds is 3. The predicted octanol–water partition coefficient (Wildman–Crippen LogP) is 0.0908. The third-order valence-corrected chi connectivity index (χ3v) is 3.45. The van der Waals surface area contributed by atoms with E-state index in [2.05, 4.69) is 10.2 Å². The van der Waals surface area contributed by atoms with E-state index in [4.69, 9.17) is 4.74 Å². The molecule has 2 aliphatic rings. The fraction of sp³-hybridized carbons (Fsp3) is 0.909. The molecule has 0 saturated carbocycles. The van der Waals surface area contributed by atoms with E-state index in [1.165, 1.54) is 6.42 Å². The Labute approximate surface area is 91.0 Å². The average molecular weight is 212 g/mol. The summed E-state index contributed by atoms with van der Waals surface area (Å²) in [6, 6.07) is 0. The van der Waals surface area contributed by atoms with Gasteiger partial charge in [0.15, 0.2) is 0 Å². The molecule has 0 aromatic carbocycles. The third-order valence-electron chi connectivity index (χ3n) is 3.45. The maximum atomic E-state index is 11.3. The van der Waals surface area contributed by atoms with E-state index >= 15 is 0 Å². The lowest BCUT2D eigenvalue weighted by Crippen LogP contribution is -2.42. The third kappa shape index (κ3) is 2.69. The first kappa shape index (κ1) is 10.9. The normalized spacial score (nSPS) is 31.3. The minimum Gasteiger partial charge on any atom is -0.465 e. The van der Waals surface area contributed by atoms with Crippen LogP contribution >= 0.6 is 0 Å². The van der Waals surface area contributed by atoms with Crippen LogP contribution in [0.25, 0.3) is 0 Å². The van der Waals surface area contributed by atoms with Crippen molar-refractivity contribution in [1.82, 2.24) is 10.2 Å². The van der Waals surface area contributed by atoms with Crippen molar-refractivity contribution in [3.8, 4) is 0 Å². The van der Waals surface area contributed by atoms with Gasteiger partial charge in [0.1, 0.15) is 0 Å². The first-order valence-corrected chi connectivity index (χ1v) is 5.88. The Morgan fingerprint density at radius 3 is 3.07 bits per heavy atom. The standard InChI is InChI=1S/C11H20N2O2/c1-2-15-11(14)8-13-4-3-9-5-12-6-10(9)7-13/h9-10,12H,2-8H2,1H3. The molecule has 0 radical (unpaired) electrons. The Kier molecular flexibility index (Phi) is 3.59. The molecule has 4 heteroatoms. The summed E-state index contributed by atoms with van der Waals surface area (Å²) in [6.07, 6.45) is 1.22. The van der Waals surface area contributed by atoms with Crippen LogP contribution in [0.3, 0.4) is 0 Å². The van der Waals surface area contributed by atoms with Crippen molar-refractivity contribution in [1.29, 1.82) is 0 Å². The molecule has 86 valence electrons. The van der Waals surface area contributed by atoms with Crippen molar-refractivity contribution >= 4 is 5.97 Å². The molecule has 2 saturated heterocycles. The summed E-state index contributed by atoms with van der Waals surface area (Å²) in [6.45, 7) is 7.18. The number of carbonyl (C=O) groups is 1. The Morgan fingerprint density at radius 1 is 1.47 bits per heavy atom. The average Bonchev–Trinajstić information content (AvgIpc) is 2.65. The zero-order valence-corrected chi connectivity index (χ0v) is 9.37. The molecule has 2 unspecified atom stereocenters. The highest BCUT2D eigenvalue weighted by atomic mass is 16.5. The first-order chi connectivity index (χ1) is 7.29. The van der Waals surface area contributed by atoms with Gasteiger partial charge in [-0.15, -0.1) is 0 Å². The van der Waals surface area contributed by atoms with Crippen LogP contribution in [0.2, 0.25) is 0 Å². The molecule has 0 aliphatic carbocycles. The van der Waals surface area contributed by atoms with Crippen molar-refractivity contribution in [2.24, 2.45) is 11.8 Å². The SMILES string of the molecule is CCOC(=O)CN1CCC2CNCC2C1. The predicted molar refractivity (Wildman–Crippen MR) is 57.5 cm³/mol. The van der Waals surface area contributed by atoms with Crippen molar-refractivity contribution in [3.63, 3.8) is 0 Å². The molecule has 0 amide bonds. The second-order valence-electron chi connectivity index (χ2n) is 4.51. The lowest BCUT2D eigenvalue weighted by molar-refractivity contribution is -0.145. The van der Waals surface area contributed by atoms with Crippen LogP contribution in [0.15, 0.2) is 0 Å². The lowest BCUT2D eigenvalue weighted by atomic mass is 9.89. The highest BCUT2D eigenvalue weighted by Crippen LogP contribution is 2.26. The molecule has 4 nitrogen and oxygen atoms in total. The highest BCUT2D eigenvalue weighted by molar-refractivity contribution is 5.71. The van der Waals surface area contributed by atoms with Gasteiger partial charge in [-0.2, -0.15) is 0 Å². The fourth-order valence-corrected chi connectivity index (χ4v) is 2.64. The molecule has 2 fully saturated rings. The quantitative estimate of drug-likeness (QED) is 0.673. The van der Waals surface area contributed by atoms with Crippen molar-refractivity contribution < 1.29 is 9.53 Å². The topological polar surface area (TPSA) is 41.6 Å². The van der Waals surface area contributed by atoms with Crippen LogP contribution in [0, 0.1) is 11.8 Å². The Morgan fingerprint density at radius 2 is 2.27 bits per heavy atom. The van der Waals surface area contributed by atoms with Gasteiger partial charge in [-0.3, -0.25) is 9.69 Å². The van der Waals surface area contributed by atoms with Crippen LogP contribution in [0.5, 0.6) is 0 Å². The number of nitrogens with one attached hydrogen (secondary N) is 1. The van der Waals surface area contributed by atoms with Gasteiger partial charge in [0, 0.05) is 6.54 Å². The number of ether oxygens (including phenoxy) is 1. The molecular weight excluding hydrogens is 192 g/mol. The number of hydrogen-bond donors (Lipinski definition) is 1. The minimum atomic E-state index is -0.0816. The summed E-state index contributed by atoms with van der Waals surface area (Å²) in [5.41, 5.74) is 0. The van der Waals surface area contributed by atoms with Crippen molar-refractivity contribution in [3.05, 3.63) is 0 Å². The van der Waals surface area contributed by atoms with E-state index in [-0.39, 0.29) is 5.97 Å².